The molecule has 2 atom stereocenters. The van der Waals surface area contributed by atoms with Crippen molar-refractivity contribution < 1.29 is 46.8 Å². The van der Waals surface area contributed by atoms with E-state index in [9.17, 15) is 9.59 Å². The number of amides is 2. The summed E-state index contributed by atoms with van der Waals surface area (Å²) in [6.07, 6.45) is 6.72. The fourth-order valence-electron chi connectivity index (χ4n) is 5.11. The van der Waals surface area contributed by atoms with Gasteiger partial charge in [-0.2, -0.15) is 0 Å². The van der Waals surface area contributed by atoms with Crippen molar-refractivity contribution in [3.8, 4) is 0 Å². The zero-order chi connectivity index (χ0) is 20.9. The molecule has 3 rings (SSSR count). The average Bonchev–Trinajstić information content (AvgIpc) is 3.00. The van der Waals surface area contributed by atoms with Crippen LogP contribution in [0.3, 0.4) is 0 Å². The monoisotopic (exact) mass is 489 g/mol. The van der Waals surface area contributed by atoms with Crippen molar-refractivity contribution >= 4 is 17.5 Å². The van der Waals surface area contributed by atoms with Crippen molar-refractivity contribution in [3.05, 3.63) is 29.3 Å². The Hall–Kier alpha value is -0.776. The van der Waals surface area contributed by atoms with Crippen LogP contribution in [-0.2, 0) is 42.3 Å². The van der Waals surface area contributed by atoms with Crippen LogP contribution in [0.1, 0.15) is 56.6 Å². The molecule has 0 aromatic heterocycles. The summed E-state index contributed by atoms with van der Waals surface area (Å²) in [5, 5.41) is 3.15. The Morgan fingerprint density at radius 3 is 2.30 bits per heavy atom. The molecule has 2 heterocycles. The Kier molecular flexibility index (Phi) is 9.97. The number of aryl methyl sites for hydroxylation is 2. The molecule has 2 unspecified atom stereocenters. The molecule has 30 heavy (non-hydrogen) atoms. The Balaban J connectivity index is 0.00000320. The zero-order valence-corrected chi connectivity index (χ0v) is 21.9. The van der Waals surface area contributed by atoms with Gasteiger partial charge in [0.05, 0.1) is 25.6 Å². The van der Waals surface area contributed by atoms with E-state index in [1.807, 2.05) is 32.0 Å². The first-order valence-electron chi connectivity index (χ1n) is 11.4. The Morgan fingerprint density at radius 2 is 1.70 bits per heavy atom. The number of likely N-dealkylation sites (N-methyl/N-ethyl adjacent to an activating group) is 1. The van der Waals surface area contributed by atoms with Gasteiger partial charge in [0, 0.05) is 51.5 Å². The van der Waals surface area contributed by atoms with Gasteiger partial charge < -0.3 is 14.7 Å². The van der Waals surface area contributed by atoms with Gasteiger partial charge in [-0.25, -0.2) is 0 Å². The summed E-state index contributed by atoms with van der Waals surface area (Å²) in [7, 11) is 0. The molecule has 6 heteroatoms. The van der Waals surface area contributed by atoms with Crippen LogP contribution >= 0.6 is 0 Å². The van der Waals surface area contributed by atoms with E-state index in [0.29, 0.717) is 12.5 Å². The molecule has 0 aliphatic carbocycles. The summed E-state index contributed by atoms with van der Waals surface area (Å²) in [5.41, 5.74) is 3.12. The van der Waals surface area contributed by atoms with E-state index < -0.39 is 0 Å². The number of hydrogen-bond acceptors (Lipinski definition) is 2. The topological polar surface area (TPSA) is 49.4 Å². The first kappa shape index (κ1) is 25.5. The largest absolute Gasteiger partial charge is 0.342 e. The third-order valence-electron chi connectivity index (χ3n) is 6.96. The van der Waals surface area contributed by atoms with Crippen LogP contribution in [0.25, 0.3) is 0 Å². The molecule has 0 bridgehead atoms. The molecule has 5 nitrogen and oxygen atoms in total. The third kappa shape index (κ3) is 6.37. The normalized spacial score (nSPS) is 24.5. The maximum absolute atomic E-state index is 13.2. The van der Waals surface area contributed by atoms with Gasteiger partial charge in [-0.05, 0) is 57.6 Å². The molecule has 1 N–H and O–H groups in total. The minimum atomic E-state index is 0. The third-order valence-corrected chi connectivity index (χ3v) is 6.96. The van der Waals surface area contributed by atoms with Gasteiger partial charge in [-0.3, -0.25) is 9.59 Å². The Morgan fingerprint density at radius 1 is 1.07 bits per heavy atom. The van der Waals surface area contributed by atoms with Crippen molar-refractivity contribution in [2.24, 2.45) is 5.92 Å². The number of hydrogen-bond donors (Lipinski definition) is 1. The summed E-state index contributed by atoms with van der Waals surface area (Å²) < 4.78 is 0.723. The van der Waals surface area contributed by atoms with Crippen LogP contribution in [0.2, 0.25) is 0 Å². The molecule has 1 aromatic carbocycles. The van der Waals surface area contributed by atoms with Crippen molar-refractivity contribution in [1.82, 2.24) is 4.90 Å². The molecule has 0 saturated carbocycles. The van der Waals surface area contributed by atoms with Crippen molar-refractivity contribution in [3.63, 3.8) is 0 Å². The number of anilines is 1. The van der Waals surface area contributed by atoms with Gasteiger partial charge in [0.25, 0.3) is 5.91 Å². The maximum Gasteiger partial charge on any atom is 0.279 e. The smallest absolute Gasteiger partial charge is 0.279 e. The van der Waals surface area contributed by atoms with Gasteiger partial charge in [-0.1, -0.05) is 31.0 Å². The van der Waals surface area contributed by atoms with E-state index in [-0.39, 0.29) is 44.5 Å². The minimum Gasteiger partial charge on any atom is -0.342 e. The van der Waals surface area contributed by atoms with E-state index in [4.69, 9.17) is 0 Å². The van der Waals surface area contributed by atoms with Crippen molar-refractivity contribution in [2.75, 3.05) is 44.6 Å². The van der Waals surface area contributed by atoms with Gasteiger partial charge >= 0.3 is 0 Å². The molecular weight excluding hydrogens is 451 g/mol. The number of quaternary nitrogens is 1. The first-order valence-corrected chi connectivity index (χ1v) is 11.4. The molecule has 1 radical (unpaired) electrons. The second kappa shape index (κ2) is 11.7. The average molecular weight is 489 g/mol. The number of rotatable bonds is 5. The summed E-state index contributed by atoms with van der Waals surface area (Å²) in [6, 6.07) is 6.08. The van der Waals surface area contributed by atoms with Crippen LogP contribution in [0, 0.1) is 19.8 Å². The summed E-state index contributed by atoms with van der Waals surface area (Å²) >= 11 is 0. The fourth-order valence-corrected chi connectivity index (χ4v) is 5.11. The number of nitrogens with zero attached hydrogens (tertiary/aromatic N) is 2. The van der Waals surface area contributed by atoms with Gasteiger partial charge in [0.1, 0.15) is 0 Å². The Bertz CT molecular complexity index is 711. The molecule has 2 aliphatic heterocycles. The zero-order valence-electron chi connectivity index (χ0n) is 19.1. The predicted molar refractivity (Wildman–Crippen MR) is 118 cm³/mol. The second-order valence-electron chi connectivity index (χ2n) is 9.12. The summed E-state index contributed by atoms with van der Waals surface area (Å²) in [5.74, 6) is 0.458. The van der Waals surface area contributed by atoms with Gasteiger partial charge in [0.2, 0.25) is 5.91 Å². The molecule has 2 saturated heterocycles. The van der Waals surface area contributed by atoms with Crippen LogP contribution in [0.4, 0.5) is 5.69 Å². The van der Waals surface area contributed by atoms with Crippen molar-refractivity contribution in [1.29, 1.82) is 0 Å². The fraction of sp³-hybridized carbons (Fsp3) is 0.667. The predicted octanol–water partition coefficient (Wildman–Crippen LogP) is 3.89. The van der Waals surface area contributed by atoms with Crippen LogP contribution in [-0.4, -0.2) is 60.5 Å². The molecule has 2 aliphatic rings. The number of benzene rings is 1. The van der Waals surface area contributed by atoms with Crippen molar-refractivity contribution in [2.45, 2.75) is 59.3 Å². The molecule has 163 valence electrons. The van der Waals surface area contributed by atoms with E-state index in [1.54, 1.807) is 0 Å². The van der Waals surface area contributed by atoms with Gasteiger partial charge in [0.15, 0.2) is 6.54 Å². The van der Waals surface area contributed by atoms with Crippen LogP contribution in [0.15, 0.2) is 18.2 Å². The SMILES string of the molecule is CC[N+]1(CC(=O)Nc2c(C)cccc2C)CCCC(C(=O)N2CCCCCC2)C1.[Y]. The molecule has 1 aromatic rings. The minimum absolute atomic E-state index is 0. The van der Waals surface area contributed by atoms with E-state index in [0.717, 1.165) is 79.7 Å². The number of nitrogens with one attached hydrogen (secondary N) is 1. The molecule has 0 spiro atoms. The van der Waals surface area contributed by atoms with E-state index in [2.05, 4.69) is 17.1 Å². The second-order valence-corrected chi connectivity index (χ2v) is 9.12. The van der Waals surface area contributed by atoms with Crippen LogP contribution < -0.4 is 5.32 Å². The summed E-state index contributed by atoms with van der Waals surface area (Å²) in [4.78, 5) is 28.2. The van der Waals surface area contributed by atoms with Crippen LogP contribution in [0.5, 0.6) is 0 Å². The number of likely N-dealkylation sites (tertiary alicyclic amines) is 2. The molecule has 2 amide bonds. The van der Waals surface area contributed by atoms with E-state index in [1.165, 1.54) is 12.8 Å². The van der Waals surface area contributed by atoms with E-state index >= 15 is 0 Å². The summed E-state index contributed by atoms with van der Waals surface area (Å²) in [6.45, 7) is 11.2. The standard InChI is InChI=1S/C24H37N3O2.Y/c1-4-27(18-22(28)25-23-19(2)11-9-12-20(23)3)16-10-13-21(17-27)24(29)26-14-7-5-6-8-15-26;/h9,11-12,21H,4-8,10,13-18H2,1-3H3;/p+1. The first-order chi connectivity index (χ1) is 13.9. The molecular formula is C24H38N3O2Y+. The number of carbonyl (C=O) groups excluding carboxylic acids is 2. The number of para-hydroxylation sites is 1. The maximum atomic E-state index is 13.2. The Labute approximate surface area is 207 Å². The quantitative estimate of drug-likeness (QED) is 0.639. The molecule has 2 fully saturated rings. The number of piperidine rings is 1. The number of carbonyl (C=O) groups is 2. The van der Waals surface area contributed by atoms with Gasteiger partial charge in [-0.15, -0.1) is 0 Å².